The molecule has 3 aromatic heterocycles. The van der Waals surface area contributed by atoms with Gasteiger partial charge in [0.1, 0.15) is 0 Å². The number of hydrogen-bond donors (Lipinski definition) is 2. The van der Waals surface area contributed by atoms with Crippen LogP contribution in [0, 0.1) is 12.7 Å². The minimum absolute atomic E-state index is 0.208. The van der Waals surface area contributed by atoms with Crippen molar-refractivity contribution in [3.05, 3.63) is 42.0 Å². The Bertz CT molecular complexity index is 1230. The highest BCUT2D eigenvalue weighted by Crippen LogP contribution is 2.40. The predicted molar refractivity (Wildman–Crippen MR) is 114 cm³/mol. The van der Waals surface area contributed by atoms with Crippen LogP contribution in [-0.2, 0) is 4.79 Å². The number of amides is 1. The highest BCUT2D eigenvalue weighted by molar-refractivity contribution is 7.99. The van der Waals surface area contributed by atoms with Crippen molar-refractivity contribution < 1.29 is 9.18 Å². The first-order valence-electron chi connectivity index (χ1n) is 9.35. The zero-order valence-electron chi connectivity index (χ0n) is 15.8. The summed E-state index contributed by atoms with van der Waals surface area (Å²) < 4.78 is 17.3. The van der Waals surface area contributed by atoms with Crippen molar-refractivity contribution in [2.45, 2.75) is 6.92 Å². The Labute approximate surface area is 170 Å². The Hall–Kier alpha value is -3.07. The van der Waals surface area contributed by atoms with E-state index in [1.54, 1.807) is 23.0 Å². The van der Waals surface area contributed by atoms with Gasteiger partial charge < -0.3 is 10.2 Å². The molecule has 4 heterocycles. The number of rotatable bonds is 4. The van der Waals surface area contributed by atoms with E-state index in [4.69, 9.17) is 0 Å². The summed E-state index contributed by atoms with van der Waals surface area (Å²) in [5, 5.41) is 15.0. The SMILES string of the molecule is Cc1c(F)c(N2CCSCC2)c2[nH]ncc2c1-c1ccn2nc(NC=O)cc2c1. The molecule has 1 amide bonds. The average molecular weight is 410 g/mol. The number of H-pyrrole nitrogens is 1. The van der Waals surface area contributed by atoms with Crippen molar-refractivity contribution >= 4 is 46.1 Å². The number of fused-ring (bicyclic) bond motifs is 2. The molecular formula is C20H19FN6OS. The van der Waals surface area contributed by atoms with E-state index in [-0.39, 0.29) is 5.82 Å². The molecule has 7 nitrogen and oxygen atoms in total. The molecule has 148 valence electrons. The summed E-state index contributed by atoms with van der Waals surface area (Å²) in [6.07, 6.45) is 4.16. The van der Waals surface area contributed by atoms with E-state index in [0.29, 0.717) is 23.5 Å². The van der Waals surface area contributed by atoms with Gasteiger partial charge >= 0.3 is 0 Å². The van der Waals surface area contributed by atoms with Crippen LogP contribution in [0.3, 0.4) is 0 Å². The van der Waals surface area contributed by atoms with Crippen molar-refractivity contribution in [1.29, 1.82) is 0 Å². The molecule has 1 aliphatic rings. The number of nitrogens with zero attached hydrogens (tertiary/aromatic N) is 4. The largest absolute Gasteiger partial charge is 0.366 e. The first-order chi connectivity index (χ1) is 14.2. The number of nitrogens with one attached hydrogen (secondary N) is 2. The van der Waals surface area contributed by atoms with Gasteiger partial charge in [-0.15, -0.1) is 0 Å². The molecule has 5 rings (SSSR count). The fourth-order valence-corrected chi connectivity index (χ4v) is 4.90. The quantitative estimate of drug-likeness (QED) is 0.504. The number of aromatic nitrogens is 4. The highest BCUT2D eigenvalue weighted by Gasteiger charge is 2.24. The molecule has 4 aromatic rings. The zero-order chi connectivity index (χ0) is 20.0. The predicted octanol–water partition coefficient (Wildman–Crippen LogP) is 3.45. The molecule has 9 heteroatoms. The zero-order valence-corrected chi connectivity index (χ0v) is 16.6. The average Bonchev–Trinajstić information content (AvgIpc) is 3.36. The third kappa shape index (κ3) is 2.93. The fourth-order valence-electron chi connectivity index (χ4n) is 3.99. The van der Waals surface area contributed by atoms with Gasteiger partial charge in [0.05, 0.1) is 22.9 Å². The van der Waals surface area contributed by atoms with Crippen LogP contribution in [-0.4, -0.2) is 50.8 Å². The molecule has 29 heavy (non-hydrogen) atoms. The molecule has 2 N–H and O–H groups in total. The van der Waals surface area contributed by atoms with E-state index in [0.717, 1.165) is 52.1 Å². The van der Waals surface area contributed by atoms with E-state index < -0.39 is 0 Å². The van der Waals surface area contributed by atoms with Gasteiger partial charge in [0.25, 0.3) is 0 Å². The summed E-state index contributed by atoms with van der Waals surface area (Å²) in [6.45, 7) is 3.46. The molecule has 0 saturated carbocycles. The number of carbonyl (C=O) groups excluding carboxylic acids is 1. The van der Waals surface area contributed by atoms with Gasteiger partial charge in [-0.1, -0.05) is 0 Å². The number of halogens is 1. The van der Waals surface area contributed by atoms with Crippen LogP contribution in [0.4, 0.5) is 15.9 Å². The van der Waals surface area contributed by atoms with Crippen LogP contribution in [0.15, 0.2) is 30.6 Å². The number of benzene rings is 1. The maximum absolute atomic E-state index is 15.6. The first-order valence-corrected chi connectivity index (χ1v) is 10.5. The highest BCUT2D eigenvalue weighted by atomic mass is 32.2. The summed E-state index contributed by atoms with van der Waals surface area (Å²) in [6, 6.07) is 5.61. The maximum atomic E-state index is 15.6. The lowest BCUT2D eigenvalue weighted by molar-refractivity contribution is -0.105. The minimum atomic E-state index is -0.208. The Kier molecular flexibility index (Phi) is 4.39. The lowest BCUT2D eigenvalue weighted by atomic mass is 9.95. The third-order valence-corrected chi connectivity index (χ3v) is 6.29. The maximum Gasteiger partial charge on any atom is 0.212 e. The third-order valence-electron chi connectivity index (χ3n) is 5.34. The smallest absolute Gasteiger partial charge is 0.212 e. The lowest BCUT2D eigenvalue weighted by Crippen LogP contribution is -2.33. The molecule has 0 spiro atoms. The van der Waals surface area contributed by atoms with Crippen LogP contribution in [0.25, 0.3) is 27.5 Å². The van der Waals surface area contributed by atoms with Crippen LogP contribution in [0.1, 0.15) is 5.56 Å². The van der Waals surface area contributed by atoms with Gasteiger partial charge in [-0.25, -0.2) is 8.91 Å². The van der Waals surface area contributed by atoms with E-state index in [1.807, 2.05) is 30.8 Å². The van der Waals surface area contributed by atoms with Crippen LogP contribution in [0.5, 0.6) is 0 Å². The van der Waals surface area contributed by atoms with Gasteiger partial charge in [-0.05, 0) is 35.7 Å². The number of anilines is 2. The lowest BCUT2D eigenvalue weighted by Gasteiger charge is -2.30. The standard InChI is InChI=1S/C20H19FN6OS/c1-12-17(13-2-3-27-14(8-13)9-16(25-27)22-11-28)15-10-23-24-19(15)20(18(12)21)26-4-6-29-7-5-26/h2-3,8-11H,4-7H2,1H3,(H,23,24)(H,22,25,28). The number of pyridine rings is 1. The van der Waals surface area contributed by atoms with Gasteiger partial charge in [-0.3, -0.25) is 9.89 Å². The molecule has 0 radical (unpaired) electrons. The van der Waals surface area contributed by atoms with Crippen LogP contribution in [0.2, 0.25) is 0 Å². The molecule has 0 unspecified atom stereocenters. The topological polar surface area (TPSA) is 78.3 Å². The second-order valence-corrected chi connectivity index (χ2v) is 8.22. The van der Waals surface area contributed by atoms with Crippen molar-refractivity contribution in [2.75, 3.05) is 34.8 Å². The van der Waals surface area contributed by atoms with Crippen molar-refractivity contribution in [2.24, 2.45) is 0 Å². The molecule has 1 aromatic carbocycles. The molecule has 1 fully saturated rings. The van der Waals surface area contributed by atoms with Crippen LogP contribution >= 0.6 is 11.8 Å². The summed E-state index contributed by atoms with van der Waals surface area (Å²) in [7, 11) is 0. The summed E-state index contributed by atoms with van der Waals surface area (Å²) in [5.41, 5.74) is 4.44. The van der Waals surface area contributed by atoms with Crippen LogP contribution < -0.4 is 10.2 Å². The Morgan fingerprint density at radius 1 is 1.31 bits per heavy atom. The fraction of sp³-hybridized carbons (Fsp3) is 0.250. The minimum Gasteiger partial charge on any atom is -0.366 e. The van der Waals surface area contributed by atoms with E-state index in [2.05, 4.69) is 25.5 Å². The number of carbonyl (C=O) groups is 1. The second-order valence-electron chi connectivity index (χ2n) is 7.00. The van der Waals surface area contributed by atoms with E-state index >= 15 is 4.39 Å². The van der Waals surface area contributed by atoms with Crippen molar-refractivity contribution in [3.63, 3.8) is 0 Å². The monoisotopic (exact) mass is 410 g/mol. The Morgan fingerprint density at radius 2 is 2.14 bits per heavy atom. The number of aromatic amines is 1. The van der Waals surface area contributed by atoms with E-state index in [9.17, 15) is 4.79 Å². The number of thioether (sulfide) groups is 1. The normalized spacial score (nSPS) is 14.6. The summed E-state index contributed by atoms with van der Waals surface area (Å²) in [5.74, 6) is 2.24. The van der Waals surface area contributed by atoms with Gasteiger partial charge in [0, 0.05) is 42.2 Å². The Morgan fingerprint density at radius 3 is 2.93 bits per heavy atom. The summed E-state index contributed by atoms with van der Waals surface area (Å²) >= 11 is 1.89. The second kappa shape index (κ2) is 7.07. The molecule has 0 bridgehead atoms. The first kappa shape index (κ1) is 18.0. The molecule has 1 aliphatic heterocycles. The molecule has 0 aliphatic carbocycles. The molecule has 1 saturated heterocycles. The molecule has 0 atom stereocenters. The number of hydrogen-bond acceptors (Lipinski definition) is 5. The Balaban J connectivity index is 1.69. The van der Waals surface area contributed by atoms with Gasteiger partial charge in [-0.2, -0.15) is 22.0 Å². The van der Waals surface area contributed by atoms with Gasteiger partial charge in [0.15, 0.2) is 11.6 Å². The van der Waals surface area contributed by atoms with E-state index in [1.165, 1.54) is 0 Å². The van der Waals surface area contributed by atoms with Crippen molar-refractivity contribution in [3.8, 4) is 11.1 Å². The van der Waals surface area contributed by atoms with Crippen molar-refractivity contribution in [1.82, 2.24) is 19.8 Å². The van der Waals surface area contributed by atoms with Gasteiger partial charge in [0.2, 0.25) is 6.41 Å². The molecular weight excluding hydrogens is 391 g/mol. The summed E-state index contributed by atoms with van der Waals surface area (Å²) in [4.78, 5) is 12.8.